The Kier molecular flexibility index (Phi) is 12.4. The Morgan fingerprint density at radius 1 is 1.00 bits per heavy atom. The number of amides is 3. The third-order valence-corrected chi connectivity index (χ3v) is 5.27. The average Bonchev–Trinajstić information content (AvgIpc) is 2.80. The van der Waals surface area contributed by atoms with Crippen molar-refractivity contribution < 1.29 is 28.7 Å². The van der Waals surface area contributed by atoms with Gasteiger partial charge >= 0.3 is 12.2 Å². The molecule has 1 aromatic carbocycles. The van der Waals surface area contributed by atoms with Gasteiger partial charge in [-0.2, -0.15) is 0 Å². The van der Waals surface area contributed by atoms with Gasteiger partial charge in [0.25, 0.3) is 0 Å². The lowest BCUT2D eigenvalue weighted by Gasteiger charge is -2.32. The molecule has 0 saturated carbocycles. The highest BCUT2D eigenvalue weighted by Gasteiger charge is 2.45. The maximum atomic E-state index is 13.4. The second-order valence-electron chi connectivity index (χ2n) is 10.2. The van der Waals surface area contributed by atoms with Gasteiger partial charge in [0.15, 0.2) is 11.3 Å². The molecule has 0 aliphatic carbocycles. The molecule has 5 N–H and O–H groups in total. The van der Waals surface area contributed by atoms with E-state index in [2.05, 4.69) is 16.0 Å². The van der Waals surface area contributed by atoms with E-state index in [1.165, 1.54) is 7.05 Å². The monoisotopic (exact) mass is 506 g/mol. The predicted octanol–water partition coefficient (Wildman–Crippen LogP) is 3.04. The Hall–Kier alpha value is -3.14. The second-order valence-corrected chi connectivity index (χ2v) is 10.2. The molecule has 0 saturated heterocycles. The molecule has 0 heterocycles. The van der Waals surface area contributed by atoms with Gasteiger partial charge in [-0.05, 0) is 57.9 Å². The molecule has 202 valence electrons. The number of alkyl carbamates (subject to hydrolysis) is 2. The van der Waals surface area contributed by atoms with E-state index >= 15 is 0 Å². The fourth-order valence-electron chi connectivity index (χ4n) is 3.53. The third-order valence-electron chi connectivity index (χ3n) is 5.27. The van der Waals surface area contributed by atoms with Crippen molar-refractivity contribution in [2.45, 2.75) is 84.1 Å². The predicted molar refractivity (Wildman–Crippen MR) is 137 cm³/mol. The number of Topliss-reactive ketones (excluding diaryl/α,β-unsaturated/α-hetero) is 1. The molecule has 3 amide bonds. The molecule has 2 atom stereocenters. The summed E-state index contributed by atoms with van der Waals surface area (Å²) >= 11 is 0. The van der Waals surface area contributed by atoms with Crippen molar-refractivity contribution in [1.29, 1.82) is 0 Å². The largest absolute Gasteiger partial charge is 0.445 e. The minimum absolute atomic E-state index is 0.0385. The van der Waals surface area contributed by atoms with E-state index in [9.17, 15) is 19.2 Å². The smallest absolute Gasteiger partial charge is 0.408 e. The van der Waals surface area contributed by atoms with Crippen molar-refractivity contribution in [3.05, 3.63) is 35.9 Å². The van der Waals surface area contributed by atoms with Crippen molar-refractivity contribution in [2.24, 2.45) is 11.7 Å². The van der Waals surface area contributed by atoms with E-state index < -0.39 is 41.1 Å². The number of hydrogen-bond donors (Lipinski definition) is 4. The highest BCUT2D eigenvalue weighted by Crippen LogP contribution is 2.19. The topological polar surface area (TPSA) is 149 Å². The van der Waals surface area contributed by atoms with E-state index in [0.29, 0.717) is 19.3 Å². The van der Waals surface area contributed by atoms with Crippen molar-refractivity contribution in [1.82, 2.24) is 16.0 Å². The van der Waals surface area contributed by atoms with E-state index in [0.717, 1.165) is 5.56 Å². The maximum absolute atomic E-state index is 13.4. The summed E-state index contributed by atoms with van der Waals surface area (Å²) in [6.07, 6.45) is -0.120. The Labute approximate surface area is 214 Å². The molecule has 0 aliphatic rings. The molecule has 0 aromatic heterocycles. The average molecular weight is 507 g/mol. The molecular weight excluding hydrogens is 464 g/mol. The zero-order chi connectivity index (χ0) is 27.4. The van der Waals surface area contributed by atoms with Crippen LogP contribution < -0.4 is 21.7 Å². The van der Waals surface area contributed by atoms with Crippen LogP contribution in [0.2, 0.25) is 0 Å². The van der Waals surface area contributed by atoms with Crippen LogP contribution in [0.3, 0.4) is 0 Å². The van der Waals surface area contributed by atoms with Gasteiger partial charge in [0.1, 0.15) is 12.2 Å². The summed E-state index contributed by atoms with van der Waals surface area (Å²) in [6.45, 7) is 9.40. The zero-order valence-corrected chi connectivity index (χ0v) is 22.3. The standard InChI is InChI=1S/C26H42N4O6/c1-18(2)16-20(30-24(34)36-25(3,4)5)21(31)26(27,22(32)28-6)14-10-11-15-29-23(33)35-17-19-12-8-7-9-13-19/h7-9,12-13,18,20H,10-11,14-17,27H2,1-6H3,(H,28,32)(H,29,33)(H,30,34)/t20-,26-/m0/s1. The first-order valence-electron chi connectivity index (χ1n) is 12.3. The number of carbonyl (C=O) groups excluding carboxylic acids is 4. The van der Waals surface area contributed by atoms with Crippen LogP contribution in [0.5, 0.6) is 0 Å². The number of nitrogens with one attached hydrogen (secondary N) is 3. The molecule has 36 heavy (non-hydrogen) atoms. The maximum Gasteiger partial charge on any atom is 0.408 e. The summed E-state index contributed by atoms with van der Waals surface area (Å²) in [4.78, 5) is 50.4. The number of nitrogens with two attached hydrogens (primary N) is 1. The molecule has 10 nitrogen and oxygen atoms in total. The number of rotatable bonds is 13. The number of ether oxygens (including phenoxy) is 2. The van der Waals surface area contributed by atoms with Crippen LogP contribution in [-0.2, 0) is 25.7 Å². The first-order chi connectivity index (χ1) is 16.8. The van der Waals surface area contributed by atoms with E-state index in [1.807, 2.05) is 44.2 Å². The number of carbonyl (C=O) groups is 4. The van der Waals surface area contributed by atoms with E-state index in [4.69, 9.17) is 15.2 Å². The lowest BCUT2D eigenvalue weighted by Crippen LogP contribution is -2.64. The molecule has 0 unspecified atom stereocenters. The highest BCUT2D eigenvalue weighted by molar-refractivity contribution is 6.13. The molecule has 10 heteroatoms. The molecule has 0 spiro atoms. The molecule has 0 fully saturated rings. The van der Waals surface area contributed by atoms with Gasteiger partial charge < -0.3 is 31.2 Å². The van der Waals surface area contributed by atoms with E-state index in [-0.39, 0.29) is 25.5 Å². The first-order valence-corrected chi connectivity index (χ1v) is 12.3. The summed E-state index contributed by atoms with van der Waals surface area (Å²) in [6, 6.07) is 8.32. The van der Waals surface area contributed by atoms with Gasteiger partial charge in [0.05, 0.1) is 6.04 Å². The number of likely N-dealkylation sites (N-methyl/N-ethyl adjacent to an activating group) is 1. The number of ketones is 1. The van der Waals surface area contributed by atoms with Crippen LogP contribution in [0.4, 0.5) is 9.59 Å². The van der Waals surface area contributed by atoms with Gasteiger partial charge in [-0.15, -0.1) is 0 Å². The summed E-state index contributed by atoms with van der Waals surface area (Å²) in [7, 11) is 1.40. The SMILES string of the molecule is CNC(=O)[C@](N)(CCCCNC(=O)OCc1ccccc1)C(=O)[C@H](CC(C)C)NC(=O)OC(C)(C)C. The van der Waals surface area contributed by atoms with Crippen LogP contribution >= 0.6 is 0 Å². The van der Waals surface area contributed by atoms with Gasteiger partial charge in [-0.1, -0.05) is 44.2 Å². The van der Waals surface area contributed by atoms with Crippen molar-refractivity contribution in [3.63, 3.8) is 0 Å². The van der Waals surface area contributed by atoms with Gasteiger partial charge in [0, 0.05) is 13.6 Å². The first kappa shape index (κ1) is 30.9. The summed E-state index contributed by atoms with van der Waals surface area (Å²) in [5.74, 6) is -1.17. The molecule has 0 radical (unpaired) electrons. The lowest BCUT2D eigenvalue weighted by molar-refractivity contribution is -0.137. The fraction of sp³-hybridized carbons (Fsp3) is 0.615. The normalized spacial score (nSPS) is 13.8. The van der Waals surface area contributed by atoms with Crippen LogP contribution in [0.25, 0.3) is 0 Å². The van der Waals surface area contributed by atoms with Crippen molar-refractivity contribution >= 4 is 23.9 Å². The molecule has 0 bridgehead atoms. The molecule has 0 aliphatic heterocycles. The Morgan fingerprint density at radius 3 is 2.19 bits per heavy atom. The number of hydrogen-bond acceptors (Lipinski definition) is 7. The van der Waals surface area contributed by atoms with Gasteiger partial charge in [0.2, 0.25) is 5.91 Å². The summed E-state index contributed by atoms with van der Waals surface area (Å²) in [5, 5.41) is 7.70. The number of benzene rings is 1. The van der Waals surface area contributed by atoms with Crippen LogP contribution in [0.1, 0.15) is 65.9 Å². The van der Waals surface area contributed by atoms with Crippen molar-refractivity contribution in [2.75, 3.05) is 13.6 Å². The van der Waals surface area contributed by atoms with Crippen LogP contribution in [0, 0.1) is 5.92 Å². The lowest BCUT2D eigenvalue weighted by atomic mass is 9.82. The fourth-order valence-corrected chi connectivity index (χ4v) is 3.53. The Balaban J connectivity index is 2.70. The minimum atomic E-state index is -1.85. The van der Waals surface area contributed by atoms with Gasteiger partial charge in [-0.25, -0.2) is 9.59 Å². The number of unbranched alkanes of at least 4 members (excludes halogenated alkanes) is 1. The Morgan fingerprint density at radius 2 is 1.64 bits per heavy atom. The van der Waals surface area contributed by atoms with Gasteiger partial charge in [-0.3, -0.25) is 9.59 Å². The Bertz CT molecular complexity index is 869. The highest BCUT2D eigenvalue weighted by atomic mass is 16.6. The minimum Gasteiger partial charge on any atom is -0.445 e. The van der Waals surface area contributed by atoms with Crippen molar-refractivity contribution in [3.8, 4) is 0 Å². The quantitative estimate of drug-likeness (QED) is 0.237. The molecular formula is C26H42N4O6. The van der Waals surface area contributed by atoms with Crippen LogP contribution in [-0.4, -0.2) is 54.7 Å². The van der Waals surface area contributed by atoms with E-state index in [1.54, 1.807) is 20.8 Å². The zero-order valence-electron chi connectivity index (χ0n) is 22.3. The van der Waals surface area contributed by atoms with Crippen LogP contribution in [0.15, 0.2) is 30.3 Å². The third kappa shape index (κ3) is 11.1. The molecule has 1 aromatic rings. The molecule has 1 rings (SSSR count). The second kappa shape index (κ2) is 14.4. The summed E-state index contributed by atoms with van der Waals surface area (Å²) < 4.78 is 10.5. The summed E-state index contributed by atoms with van der Waals surface area (Å²) in [5.41, 5.74) is 4.64.